The van der Waals surface area contributed by atoms with Crippen LogP contribution in [0.3, 0.4) is 0 Å². The van der Waals surface area contributed by atoms with Crippen molar-refractivity contribution in [1.82, 2.24) is 4.98 Å². The molecule has 1 heterocycles. The van der Waals surface area contributed by atoms with E-state index in [0.717, 1.165) is 0 Å². The number of nitrogens with zero attached hydrogens (tertiary/aromatic N) is 1. The number of benzene rings is 1. The molecule has 0 spiro atoms. The maximum atomic E-state index is 6.00. The van der Waals surface area contributed by atoms with E-state index >= 15 is 0 Å². The summed E-state index contributed by atoms with van der Waals surface area (Å²) in [5.41, 5.74) is 7.10. The Hall–Kier alpha value is -0.930. The van der Waals surface area contributed by atoms with Gasteiger partial charge in [0.05, 0.1) is 10.7 Å². The van der Waals surface area contributed by atoms with Crippen LogP contribution in [-0.4, -0.2) is 4.98 Å². The molecule has 0 aliphatic heterocycles. The summed E-state index contributed by atoms with van der Waals surface area (Å²) < 4.78 is 5.51. The van der Waals surface area contributed by atoms with E-state index in [-0.39, 0.29) is 5.92 Å². The van der Waals surface area contributed by atoms with E-state index in [2.05, 4.69) is 4.98 Å². The van der Waals surface area contributed by atoms with E-state index in [9.17, 15) is 0 Å². The fourth-order valence-corrected chi connectivity index (χ4v) is 1.72. The quantitative estimate of drug-likeness (QED) is 0.776. The van der Waals surface area contributed by atoms with Crippen molar-refractivity contribution in [3.05, 3.63) is 22.0 Å². The second-order valence-electron chi connectivity index (χ2n) is 3.65. The largest absolute Gasteiger partial charge is 0.439 e. The Labute approximate surface area is 97.2 Å². The summed E-state index contributed by atoms with van der Waals surface area (Å²) in [4.78, 5) is 4.28. The van der Waals surface area contributed by atoms with Crippen LogP contribution in [0.4, 0.5) is 5.69 Å². The zero-order chi connectivity index (χ0) is 11.2. The second-order valence-corrected chi connectivity index (χ2v) is 4.43. The first-order valence-electron chi connectivity index (χ1n) is 4.54. The van der Waals surface area contributed by atoms with Crippen molar-refractivity contribution in [2.24, 2.45) is 0 Å². The number of rotatable bonds is 1. The number of anilines is 1. The minimum absolute atomic E-state index is 0.186. The van der Waals surface area contributed by atoms with Crippen molar-refractivity contribution in [2.75, 3.05) is 5.73 Å². The third-order valence-corrected chi connectivity index (χ3v) is 2.78. The third-order valence-electron chi connectivity index (χ3n) is 2.10. The fourth-order valence-electron chi connectivity index (χ4n) is 1.29. The van der Waals surface area contributed by atoms with Gasteiger partial charge < -0.3 is 10.2 Å². The van der Waals surface area contributed by atoms with Crippen molar-refractivity contribution < 1.29 is 4.42 Å². The Balaban J connectivity index is 2.80. The van der Waals surface area contributed by atoms with Crippen molar-refractivity contribution in [2.45, 2.75) is 19.8 Å². The highest BCUT2D eigenvalue weighted by Gasteiger charge is 2.16. The smallest absolute Gasteiger partial charge is 0.198 e. The van der Waals surface area contributed by atoms with Gasteiger partial charge in [-0.05, 0) is 6.07 Å². The highest BCUT2D eigenvalue weighted by molar-refractivity contribution is 6.41. The fraction of sp³-hybridized carbons (Fsp3) is 0.300. The molecule has 2 aromatic rings. The van der Waals surface area contributed by atoms with Crippen LogP contribution >= 0.6 is 23.2 Å². The minimum Gasteiger partial charge on any atom is -0.439 e. The average molecular weight is 245 g/mol. The Morgan fingerprint density at radius 1 is 1.40 bits per heavy atom. The second kappa shape index (κ2) is 3.58. The van der Waals surface area contributed by atoms with Crippen LogP contribution < -0.4 is 5.73 Å². The molecule has 15 heavy (non-hydrogen) atoms. The van der Waals surface area contributed by atoms with Crippen LogP contribution in [0, 0.1) is 0 Å². The molecule has 0 amide bonds. The van der Waals surface area contributed by atoms with Crippen LogP contribution in [0.25, 0.3) is 11.1 Å². The van der Waals surface area contributed by atoms with Crippen LogP contribution in [0.2, 0.25) is 10.0 Å². The zero-order valence-electron chi connectivity index (χ0n) is 8.34. The summed E-state index contributed by atoms with van der Waals surface area (Å²) in [6.45, 7) is 3.96. The van der Waals surface area contributed by atoms with Gasteiger partial charge in [-0.25, -0.2) is 4.98 Å². The lowest BCUT2D eigenvalue weighted by Gasteiger charge is -1.98. The highest BCUT2D eigenvalue weighted by Crippen LogP contribution is 2.36. The van der Waals surface area contributed by atoms with E-state index in [1.54, 1.807) is 6.07 Å². The molecule has 0 aliphatic carbocycles. The first-order valence-corrected chi connectivity index (χ1v) is 5.30. The molecule has 0 saturated carbocycles. The molecule has 0 radical (unpaired) electrons. The average Bonchev–Trinajstić information content (AvgIpc) is 2.59. The lowest BCUT2D eigenvalue weighted by atomic mass is 10.2. The highest BCUT2D eigenvalue weighted by atomic mass is 35.5. The van der Waals surface area contributed by atoms with Crippen LogP contribution in [0.15, 0.2) is 10.5 Å². The van der Waals surface area contributed by atoms with Crippen LogP contribution in [0.5, 0.6) is 0 Å². The Morgan fingerprint density at radius 2 is 2.07 bits per heavy atom. The van der Waals surface area contributed by atoms with Gasteiger partial charge in [0.1, 0.15) is 10.5 Å². The predicted molar refractivity (Wildman–Crippen MR) is 62.5 cm³/mol. The molecule has 0 saturated heterocycles. The van der Waals surface area contributed by atoms with Crippen molar-refractivity contribution in [1.29, 1.82) is 0 Å². The lowest BCUT2D eigenvalue weighted by molar-refractivity contribution is 0.501. The van der Waals surface area contributed by atoms with Crippen molar-refractivity contribution >= 4 is 40.0 Å². The topological polar surface area (TPSA) is 52.0 Å². The summed E-state index contributed by atoms with van der Waals surface area (Å²) in [7, 11) is 0. The molecule has 2 N–H and O–H groups in total. The van der Waals surface area contributed by atoms with E-state index in [1.165, 1.54) is 0 Å². The number of fused-ring (bicyclic) bond motifs is 1. The summed E-state index contributed by atoms with van der Waals surface area (Å²) in [5.74, 6) is 0.796. The van der Waals surface area contributed by atoms with Gasteiger partial charge in [-0.15, -0.1) is 0 Å². The van der Waals surface area contributed by atoms with Gasteiger partial charge >= 0.3 is 0 Å². The molecule has 1 aromatic heterocycles. The molecule has 0 unspecified atom stereocenters. The lowest BCUT2D eigenvalue weighted by Crippen LogP contribution is -1.86. The molecule has 3 nitrogen and oxygen atoms in total. The number of halogens is 2. The first-order chi connectivity index (χ1) is 7.00. The molecule has 80 valence electrons. The van der Waals surface area contributed by atoms with E-state index in [0.29, 0.717) is 32.7 Å². The minimum atomic E-state index is 0.186. The number of hydrogen-bond acceptors (Lipinski definition) is 3. The first kappa shape index (κ1) is 10.6. The monoisotopic (exact) mass is 244 g/mol. The Bertz CT molecular complexity index is 520. The molecule has 2 rings (SSSR count). The zero-order valence-corrected chi connectivity index (χ0v) is 9.86. The molecular weight excluding hydrogens is 235 g/mol. The Kier molecular flexibility index (Phi) is 2.52. The normalized spacial score (nSPS) is 11.5. The predicted octanol–water partition coefficient (Wildman–Crippen LogP) is 3.84. The van der Waals surface area contributed by atoms with Crippen molar-refractivity contribution in [3.8, 4) is 0 Å². The van der Waals surface area contributed by atoms with Gasteiger partial charge in [-0.1, -0.05) is 37.0 Å². The van der Waals surface area contributed by atoms with E-state index in [4.69, 9.17) is 33.4 Å². The molecular formula is C10H10Cl2N2O. The third kappa shape index (κ3) is 1.66. The molecule has 1 aromatic carbocycles. The molecule has 0 fully saturated rings. The maximum Gasteiger partial charge on any atom is 0.198 e. The summed E-state index contributed by atoms with van der Waals surface area (Å²) >= 11 is 12.0. The number of nitrogen functional groups attached to an aromatic ring is 1. The van der Waals surface area contributed by atoms with Crippen molar-refractivity contribution in [3.63, 3.8) is 0 Å². The standard InChI is InChI=1S/C10H10Cl2N2O/c1-4(2)10-14-8-5(11)3-6(13)7(12)9(8)15-10/h3-4H,13H2,1-2H3. The molecule has 0 aliphatic rings. The van der Waals surface area contributed by atoms with E-state index in [1.807, 2.05) is 13.8 Å². The maximum absolute atomic E-state index is 6.00. The van der Waals surface area contributed by atoms with Gasteiger partial charge in [0, 0.05) is 5.92 Å². The van der Waals surface area contributed by atoms with Gasteiger partial charge in [0.2, 0.25) is 0 Å². The number of oxazole rings is 1. The van der Waals surface area contributed by atoms with Crippen LogP contribution in [0.1, 0.15) is 25.7 Å². The van der Waals surface area contributed by atoms with Gasteiger partial charge in [-0.2, -0.15) is 0 Å². The summed E-state index contributed by atoms with van der Waals surface area (Å²) in [6, 6.07) is 1.58. The molecule has 0 bridgehead atoms. The SMILES string of the molecule is CC(C)c1nc2c(Cl)cc(N)c(Cl)c2o1. The molecule has 5 heteroatoms. The van der Waals surface area contributed by atoms with Gasteiger partial charge in [0.25, 0.3) is 0 Å². The Morgan fingerprint density at radius 3 is 2.67 bits per heavy atom. The van der Waals surface area contributed by atoms with Gasteiger partial charge in [-0.3, -0.25) is 0 Å². The summed E-state index contributed by atoms with van der Waals surface area (Å²) in [5, 5.41) is 0.830. The molecule has 0 atom stereocenters. The number of aromatic nitrogens is 1. The summed E-state index contributed by atoms with van der Waals surface area (Å²) in [6.07, 6.45) is 0. The number of nitrogens with two attached hydrogens (primary N) is 1. The van der Waals surface area contributed by atoms with Crippen LogP contribution in [-0.2, 0) is 0 Å². The van der Waals surface area contributed by atoms with Gasteiger partial charge in [0.15, 0.2) is 11.5 Å². The number of hydrogen-bond donors (Lipinski definition) is 1. The van der Waals surface area contributed by atoms with E-state index < -0.39 is 0 Å².